The van der Waals surface area contributed by atoms with E-state index in [1.807, 2.05) is 6.92 Å². The van der Waals surface area contributed by atoms with Crippen molar-refractivity contribution in [1.82, 2.24) is 4.31 Å². The predicted molar refractivity (Wildman–Crippen MR) is 121 cm³/mol. The van der Waals surface area contributed by atoms with Crippen LogP contribution < -0.4 is 10.1 Å². The minimum Gasteiger partial charge on any atom is -0.494 e. The van der Waals surface area contributed by atoms with Crippen molar-refractivity contribution >= 4 is 37.5 Å². The summed E-state index contributed by atoms with van der Waals surface area (Å²) in [6, 6.07) is 13.4. The summed E-state index contributed by atoms with van der Waals surface area (Å²) >= 11 is 3.34. The molecule has 1 aliphatic rings. The lowest BCUT2D eigenvalue weighted by atomic mass is 9.95. The number of anilines is 1. The normalized spacial score (nSPS) is 15.2. The van der Waals surface area contributed by atoms with Crippen LogP contribution in [-0.4, -0.2) is 37.8 Å². The Kier molecular flexibility index (Phi) is 7.91. The SMILES string of the molecule is CCOc1ccc(NC(=O)CN(C2CCCCC2)S(=O)(=O)c2ccc(Br)cc2)cc1. The van der Waals surface area contributed by atoms with Gasteiger partial charge in [0.25, 0.3) is 0 Å². The molecule has 2 aromatic rings. The number of carbonyl (C=O) groups is 1. The molecule has 162 valence electrons. The number of nitrogens with one attached hydrogen (secondary N) is 1. The molecule has 6 nitrogen and oxygen atoms in total. The first-order valence-electron chi connectivity index (χ1n) is 10.2. The molecule has 1 amide bonds. The smallest absolute Gasteiger partial charge is 0.243 e. The fourth-order valence-corrected chi connectivity index (χ4v) is 5.57. The second-order valence-corrected chi connectivity index (χ2v) is 10.1. The molecule has 0 spiro atoms. The molecule has 1 aliphatic carbocycles. The maximum Gasteiger partial charge on any atom is 0.243 e. The Labute approximate surface area is 186 Å². The number of rotatable bonds is 8. The van der Waals surface area contributed by atoms with E-state index in [4.69, 9.17) is 4.74 Å². The zero-order valence-electron chi connectivity index (χ0n) is 17.0. The van der Waals surface area contributed by atoms with Gasteiger partial charge in [-0.05, 0) is 68.3 Å². The Bertz CT molecular complexity index is 940. The average molecular weight is 495 g/mol. The summed E-state index contributed by atoms with van der Waals surface area (Å²) in [4.78, 5) is 13.0. The van der Waals surface area contributed by atoms with Gasteiger partial charge in [0, 0.05) is 16.2 Å². The summed E-state index contributed by atoms with van der Waals surface area (Å²) in [5.41, 5.74) is 0.605. The van der Waals surface area contributed by atoms with Crippen LogP contribution in [0.25, 0.3) is 0 Å². The molecule has 0 radical (unpaired) electrons. The number of halogens is 1. The van der Waals surface area contributed by atoms with Gasteiger partial charge in [-0.1, -0.05) is 35.2 Å². The summed E-state index contributed by atoms with van der Waals surface area (Å²) in [6.45, 7) is 2.26. The van der Waals surface area contributed by atoms with Gasteiger partial charge < -0.3 is 10.1 Å². The van der Waals surface area contributed by atoms with E-state index in [1.54, 1.807) is 48.5 Å². The number of carbonyl (C=O) groups excluding carboxylic acids is 1. The van der Waals surface area contributed by atoms with Crippen molar-refractivity contribution < 1.29 is 17.9 Å². The van der Waals surface area contributed by atoms with E-state index in [1.165, 1.54) is 4.31 Å². The van der Waals surface area contributed by atoms with Crippen molar-refractivity contribution in [3.8, 4) is 5.75 Å². The van der Waals surface area contributed by atoms with Gasteiger partial charge in [-0.3, -0.25) is 4.79 Å². The van der Waals surface area contributed by atoms with Crippen LogP contribution in [0.5, 0.6) is 5.75 Å². The van der Waals surface area contributed by atoms with E-state index >= 15 is 0 Å². The van der Waals surface area contributed by atoms with E-state index in [2.05, 4.69) is 21.2 Å². The van der Waals surface area contributed by atoms with Crippen LogP contribution >= 0.6 is 15.9 Å². The quantitative estimate of drug-likeness (QED) is 0.571. The monoisotopic (exact) mass is 494 g/mol. The standard InChI is InChI=1S/C22H27BrN2O4S/c1-2-29-20-12-10-18(11-13-20)24-22(26)16-25(19-6-4-3-5-7-19)30(27,28)21-14-8-17(23)9-15-21/h8-15,19H,2-7,16H2,1H3,(H,24,26). The van der Waals surface area contributed by atoms with Gasteiger partial charge in [0.05, 0.1) is 18.0 Å². The van der Waals surface area contributed by atoms with Crippen LogP contribution in [0, 0.1) is 0 Å². The second kappa shape index (κ2) is 10.4. The number of amides is 1. The predicted octanol–water partition coefficient (Wildman–Crippen LogP) is 4.81. The minimum atomic E-state index is -3.79. The lowest BCUT2D eigenvalue weighted by molar-refractivity contribution is -0.116. The highest BCUT2D eigenvalue weighted by atomic mass is 79.9. The molecule has 2 aromatic carbocycles. The Balaban J connectivity index is 1.78. The molecule has 0 aliphatic heterocycles. The zero-order valence-corrected chi connectivity index (χ0v) is 19.4. The van der Waals surface area contributed by atoms with Crippen LogP contribution in [0.1, 0.15) is 39.0 Å². The summed E-state index contributed by atoms with van der Waals surface area (Å²) in [6.07, 6.45) is 4.58. The molecular weight excluding hydrogens is 468 g/mol. The van der Waals surface area contributed by atoms with Gasteiger partial charge in [0.2, 0.25) is 15.9 Å². The maximum atomic E-state index is 13.4. The lowest BCUT2D eigenvalue weighted by Crippen LogP contribution is -2.45. The fourth-order valence-electron chi connectivity index (χ4n) is 3.66. The molecule has 0 aromatic heterocycles. The third-order valence-corrected chi connectivity index (χ3v) is 7.59. The molecule has 30 heavy (non-hydrogen) atoms. The summed E-state index contributed by atoms with van der Waals surface area (Å²) in [5.74, 6) is 0.363. The van der Waals surface area contributed by atoms with E-state index < -0.39 is 10.0 Å². The first-order valence-corrected chi connectivity index (χ1v) is 12.4. The van der Waals surface area contributed by atoms with Crippen molar-refractivity contribution in [2.24, 2.45) is 0 Å². The van der Waals surface area contributed by atoms with Gasteiger partial charge in [0.15, 0.2) is 0 Å². The van der Waals surface area contributed by atoms with Crippen LogP contribution in [0.4, 0.5) is 5.69 Å². The van der Waals surface area contributed by atoms with Gasteiger partial charge in [0.1, 0.15) is 5.75 Å². The lowest BCUT2D eigenvalue weighted by Gasteiger charge is -2.33. The van der Waals surface area contributed by atoms with E-state index in [0.717, 1.165) is 42.3 Å². The number of sulfonamides is 1. The van der Waals surface area contributed by atoms with Crippen molar-refractivity contribution in [3.05, 3.63) is 53.0 Å². The third kappa shape index (κ3) is 5.83. The summed E-state index contributed by atoms with van der Waals surface area (Å²) in [5, 5.41) is 2.81. The zero-order chi connectivity index (χ0) is 21.6. The van der Waals surface area contributed by atoms with Crippen LogP contribution in [0.2, 0.25) is 0 Å². The largest absolute Gasteiger partial charge is 0.494 e. The Hall–Kier alpha value is -1.90. The van der Waals surface area contributed by atoms with Crippen LogP contribution in [-0.2, 0) is 14.8 Å². The molecular formula is C22H27BrN2O4S. The fraction of sp³-hybridized carbons (Fsp3) is 0.409. The molecule has 0 atom stereocenters. The highest BCUT2D eigenvalue weighted by molar-refractivity contribution is 9.10. The topological polar surface area (TPSA) is 75.7 Å². The summed E-state index contributed by atoms with van der Waals surface area (Å²) < 4.78 is 34.3. The number of hydrogen-bond donors (Lipinski definition) is 1. The number of benzene rings is 2. The van der Waals surface area contributed by atoms with Crippen molar-refractivity contribution in [2.45, 2.75) is 50.0 Å². The number of hydrogen-bond acceptors (Lipinski definition) is 4. The molecule has 3 rings (SSSR count). The van der Waals surface area contributed by atoms with E-state index in [9.17, 15) is 13.2 Å². The highest BCUT2D eigenvalue weighted by Gasteiger charge is 2.34. The Morgan fingerprint density at radius 1 is 1.07 bits per heavy atom. The first-order chi connectivity index (χ1) is 14.4. The molecule has 0 heterocycles. The molecule has 1 fully saturated rings. The van der Waals surface area contributed by atoms with E-state index in [0.29, 0.717) is 12.3 Å². The van der Waals surface area contributed by atoms with Gasteiger partial charge in [-0.2, -0.15) is 4.31 Å². The molecule has 0 unspecified atom stereocenters. The van der Waals surface area contributed by atoms with Crippen LogP contribution in [0.3, 0.4) is 0 Å². The summed E-state index contributed by atoms with van der Waals surface area (Å²) in [7, 11) is -3.79. The molecule has 0 saturated heterocycles. The Morgan fingerprint density at radius 2 is 1.70 bits per heavy atom. The minimum absolute atomic E-state index is 0.168. The molecule has 8 heteroatoms. The Morgan fingerprint density at radius 3 is 2.30 bits per heavy atom. The van der Waals surface area contributed by atoms with Gasteiger partial charge in [-0.15, -0.1) is 0 Å². The van der Waals surface area contributed by atoms with Crippen molar-refractivity contribution in [1.29, 1.82) is 0 Å². The highest BCUT2D eigenvalue weighted by Crippen LogP contribution is 2.28. The van der Waals surface area contributed by atoms with Crippen LogP contribution in [0.15, 0.2) is 57.9 Å². The second-order valence-electron chi connectivity index (χ2n) is 7.30. The molecule has 1 N–H and O–H groups in total. The van der Waals surface area contributed by atoms with Crippen molar-refractivity contribution in [3.63, 3.8) is 0 Å². The van der Waals surface area contributed by atoms with Gasteiger partial charge in [-0.25, -0.2) is 8.42 Å². The average Bonchev–Trinajstić information content (AvgIpc) is 2.74. The third-order valence-electron chi connectivity index (χ3n) is 5.15. The first kappa shape index (κ1) is 22.8. The number of ether oxygens (including phenoxy) is 1. The molecule has 0 bridgehead atoms. The molecule has 1 saturated carbocycles. The number of nitrogens with zero attached hydrogens (tertiary/aromatic N) is 1. The van der Waals surface area contributed by atoms with Gasteiger partial charge >= 0.3 is 0 Å². The maximum absolute atomic E-state index is 13.4. The van der Waals surface area contributed by atoms with Crippen molar-refractivity contribution in [2.75, 3.05) is 18.5 Å². The van der Waals surface area contributed by atoms with E-state index in [-0.39, 0.29) is 23.4 Å².